The lowest BCUT2D eigenvalue weighted by Crippen LogP contribution is -2.58. The van der Waals surface area contributed by atoms with Gasteiger partial charge in [0.05, 0.1) is 23.0 Å². The summed E-state index contributed by atoms with van der Waals surface area (Å²) in [7, 11) is 3.32. The molecule has 3 aliphatic rings. The van der Waals surface area contributed by atoms with E-state index in [2.05, 4.69) is 67.7 Å². The number of anilines is 2. The second-order valence-corrected chi connectivity index (χ2v) is 24.5. The summed E-state index contributed by atoms with van der Waals surface area (Å²) < 4.78 is 51.0. The minimum atomic E-state index is -2.29. The molecule has 3 fully saturated rings. The Morgan fingerprint density at radius 3 is 2.18 bits per heavy atom. The Morgan fingerprint density at radius 2 is 1.60 bits per heavy atom. The number of rotatable bonds is 10. The first-order chi connectivity index (χ1) is 28.3. The maximum atomic E-state index is 17.7. The molecule has 2 bridgehead atoms. The molecule has 1 amide bonds. The Bertz CT molecular complexity index is 2300. The largest absolute Gasteiger partial charge is 0.468 e. The Hall–Kier alpha value is -4.58. The van der Waals surface area contributed by atoms with Gasteiger partial charge in [-0.15, -0.1) is 5.54 Å². The number of carbonyl (C=O) groups is 1. The van der Waals surface area contributed by atoms with Gasteiger partial charge in [0.15, 0.2) is 12.6 Å². The van der Waals surface area contributed by atoms with Crippen molar-refractivity contribution in [3.8, 4) is 28.5 Å². The first kappa shape index (κ1) is 43.5. The number of ether oxygens (including phenoxy) is 3. The molecule has 60 heavy (non-hydrogen) atoms. The number of fused-ring (bicyclic) bond motifs is 4. The average molecular weight is 842 g/mol. The quantitative estimate of drug-likeness (QED) is 0.0875. The van der Waals surface area contributed by atoms with Gasteiger partial charge in [-0.1, -0.05) is 53.5 Å². The molecule has 0 N–H and O–H groups in total. The molecule has 0 radical (unpaired) electrons. The summed E-state index contributed by atoms with van der Waals surface area (Å²) in [5.74, 6) is 3.62. The van der Waals surface area contributed by atoms with Gasteiger partial charge >= 0.3 is 6.09 Å². The summed E-state index contributed by atoms with van der Waals surface area (Å²) in [6.45, 7) is 21.3. The van der Waals surface area contributed by atoms with Crippen LogP contribution in [0.5, 0.6) is 5.75 Å². The van der Waals surface area contributed by atoms with Crippen molar-refractivity contribution in [3.63, 3.8) is 0 Å². The van der Waals surface area contributed by atoms with Crippen LogP contribution < -0.4 is 14.5 Å². The van der Waals surface area contributed by atoms with Crippen LogP contribution in [0.2, 0.25) is 16.6 Å². The van der Waals surface area contributed by atoms with E-state index < -0.39 is 25.3 Å². The van der Waals surface area contributed by atoms with Crippen LogP contribution in [0.3, 0.4) is 0 Å². The smallest absolute Gasteiger partial charge is 0.410 e. The van der Waals surface area contributed by atoms with Crippen molar-refractivity contribution in [2.75, 3.05) is 64.0 Å². The van der Waals surface area contributed by atoms with E-state index in [0.29, 0.717) is 88.1 Å². The maximum absolute atomic E-state index is 17.7. The molecule has 0 spiro atoms. The predicted octanol–water partition coefficient (Wildman–Crippen LogP) is 9.01. The number of likely N-dealkylation sites (N-methyl/N-ethyl adjacent to an activating group) is 1. The second kappa shape index (κ2) is 16.7. The highest BCUT2D eigenvalue weighted by molar-refractivity contribution is 6.90. The lowest BCUT2D eigenvalue weighted by molar-refractivity contribution is 0.0123. The molecule has 11 nitrogen and oxygen atoms in total. The first-order valence-electron chi connectivity index (χ1n) is 21.3. The maximum Gasteiger partial charge on any atom is 0.410 e. The molecule has 4 aromatic rings. The number of hydrogen-bond acceptors (Lipinski definition) is 10. The van der Waals surface area contributed by atoms with Crippen molar-refractivity contribution in [2.45, 2.75) is 116 Å². The third-order valence-electron chi connectivity index (χ3n) is 12.8. The predicted molar refractivity (Wildman–Crippen MR) is 237 cm³/mol. The van der Waals surface area contributed by atoms with E-state index in [4.69, 9.17) is 29.2 Å². The van der Waals surface area contributed by atoms with Crippen LogP contribution in [0, 0.1) is 23.1 Å². The van der Waals surface area contributed by atoms with Gasteiger partial charge in [-0.2, -0.15) is 4.98 Å². The first-order valence-corrected chi connectivity index (χ1v) is 23.5. The topological polar surface area (TPSA) is 96.4 Å². The molecular formula is C46H61F2N7O4Si. The molecule has 0 unspecified atom stereocenters. The minimum absolute atomic E-state index is 0.00398. The lowest BCUT2D eigenvalue weighted by atomic mass is 9.95. The molecular weight excluding hydrogens is 781 g/mol. The number of benzene rings is 2. The SMILES string of the molecule is COCOc1cc(-c2ncc3c(N4C[C@H]5CC[C@@H](C4)N5C(=O)OC(C)(C)C)nc(N4CC(N(C)C)C4)nc3c2F)c2c(C#C[Si](C(C)C)(C(C)C)C(C)C)c(F)ccc2c1. The number of nitrogens with zero attached hydrogens (tertiary/aromatic N) is 7. The number of amides is 1. The summed E-state index contributed by atoms with van der Waals surface area (Å²) in [4.78, 5) is 36.4. The van der Waals surface area contributed by atoms with Crippen molar-refractivity contribution >= 4 is 47.6 Å². The normalized spacial score (nSPS) is 18.6. The summed E-state index contributed by atoms with van der Waals surface area (Å²) in [6, 6.07) is 6.70. The van der Waals surface area contributed by atoms with Gasteiger partial charge in [0.2, 0.25) is 5.95 Å². The molecule has 14 heteroatoms. The van der Waals surface area contributed by atoms with E-state index >= 15 is 8.78 Å². The van der Waals surface area contributed by atoms with Crippen molar-refractivity contribution in [1.29, 1.82) is 0 Å². The summed E-state index contributed by atoms with van der Waals surface area (Å²) in [5.41, 5.74) is 4.73. The van der Waals surface area contributed by atoms with Crippen LogP contribution in [0.25, 0.3) is 32.9 Å². The molecule has 322 valence electrons. The fraction of sp³-hybridized carbons (Fsp3) is 0.565. The third-order valence-corrected chi connectivity index (χ3v) is 19.1. The number of hydrogen-bond donors (Lipinski definition) is 0. The third kappa shape index (κ3) is 8.00. The van der Waals surface area contributed by atoms with Crippen LogP contribution in [0.15, 0.2) is 30.5 Å². The summed E-state index contributed by atoms with van der Waals surface area (Å²) in [5, 5.41) is 1.55. The van der Waals surface area contributed by atoms with Gasteiger partial charge in [-0.3, -0.25) is 9.88 Å². The Kier molecular flexibility index (Phi) is 12.1. The Labute approximate surface area is 354 Å². The molecule has 2 atom stereocenters. The molecule has 3 saturated heterocycles. The zero-order valence-electron chi connectivity index (χ0n) is 37.3. The molecule has 0 aliphatic carbocycles. The van der Waals surface area contributed by atoms with Crippen LogP contribution in [-0.2, 0) is 9.47 Å². The molecule has 0 saturated carbocycles. The summed E-state index contributed by atoms with van der Waals surface area (Å²) in [6.07, 6.45) is 2.97. The fourth-order valence-corrected chi connectivity index (χ4v) is 15.0. The van der Waals surface area contributed by atoms with Gasteiger partial charge in [-0.25, -0.2) is 18.6 Å². The van der Waals surface area contributed by atoms with E-state index in [-0.39, 0.29) is 41.7 Å². The van der Waals surface area contributed by atoms with E-state index in [9.17, 15) is 4.79 Å². The molecule has 5 heterocycles. The van der Waals surface area contributed by atoms with E-state index in [1.165, 1.54) is 13.2 Å². The van der Waals surface area contributed by atoms with Crippen molar-refractivity contribution in [3.05, 3.63) is 47.7 Å². The van der Waals surface area contributed by atoms with E-state index in [0.717, 1.165) is 12.8 Å². The van der Waals surface area contributed by atoms with Crippen molar-refractivity contribution in [1.82, 2.24) is 24.8 Å². The summed E-state index contributed by atoms with van der Waals surface area (Å²) >= 11 is 0. The fourth-order valence-electron chi connectivity index (χ4n) is 9.77. The number of halogens is 2. The van der Waals surface area contributed by atoms with E-state index in [1.807, 2.05) is 39.8 Å². The van der Waals surface area contributed by atoms with Gasteiger partial charge in [0.25, 0.3) is 0 Å². The lowest BCUT2D eigenvalue weighted by Gasteiger charge is -2.44. The molecule has 7 rings (SSSR count). The zero-order valence-corrected chi connectivity index (χ0v) is 38.3. The molecule has 2 aromatic carbocycles. The van der Waals surface area contributed by atoms with Crippen molar-refractivity contribution < 1.29 is 27.8 Å². The van der Waals surface area contributed by atoms with Crippen molar-refractivity contribution in [2.24, 2.45) is 0 Å². The standard InChI is InChI=1S/C46H61F2N7O4Si/c1-27(2)60(28(3)4,29(5)6)18-17-35-38(47)16-13-30-19-34(58-26-57-12)20-36(39(30)35)41-40(48)42-37(21-49-41)43(51-44(50-42)54-24-33(25-54)52(10)11)53-22-31-14-15-32(23-53)55(31)45(56)59-46(7,8)9/h13,16,19-21,27-29,31-33H,14-15,22-26H2,1-12H3/t31-,32+. The average Bonchev–Trinajstić information content (AvgIpc) is 3.42. The van der Waals surface area contributed by atoms with Crippen LogP contribution in [0.4, 0.5) is 25.3 Å². The second-order valence-electron chi connectivity index (χ2n) is 18.9. The van der Waals surface area contributed by atoms with Gasteiger partial charge in [0, 0.05) is 56.5 Å². The molecule has 2 aromatic heterocycles. The highest BCUT2D eigenvalue weighted by Crippen LogP contribution is 2.43. The highest BCUT2D eigenvalue weighted by Gasteiger charge is 2.46. The van der Waals surface area contributed by atoms with Crippen LogP contribution in [0.1, 0.15) is 80.7 Å². The highest BCUT2D eigenvalue weighted by atomic mass is 28.3. The van der Waals surface area contributed by atoms with Crippen LogP contribution >= 0.6 is 0 Å². The number of methoxy groups -OCH3 is 1. The minimum Gasteiger partial charge on any atom is -0.468 e. The number of piperazine rings is 1. The number of pyridine rings is 1. The van der Waals surface area contributed by atoms with Gasteiger partial charge in [0.1, 0.15) is 42.3 Å². The number of carbonyl (C=O) groups excluding carboxylic acids is 1. The van der Waals surface area contributed by atoms with Gasteiger partial charge in [-0.05, 0) is 87.9 Å². The molecule has 3 aliphatic heterocycles. The number of aromatic nitrogens is 3. The zero-order chi connectivity index (χ0) is 43.4. The van der Waals surface area contributed by atoms with E-state index in [1.54, 1.807) is 24.4 Å². The van der Waals surface area contributed by atoms with Gasteiger partial charge < -0.3 is 28.9 Å². The Balaban J connectivity index is 1.41. The monoisotopic (exact) mass is 841 g/mol. The van der Waals surface area contributed by atoms with Crippen LogP contribution in [-0.4, -0.2) is 117 Å². The Morgan fingerprint density at radius 1 is 0.950 bits per heavy atom.